The van der Waals surface area contributed by atoms with Crippen molar-refractivity contribution in [1.82, 2.24) is 20.3 Å². The van der Waals surface area contributed by atoms with Crippen molar-refractivity contribution in [2.24, 2.45) is 5.41 Å². The maximum Gasteiger partial charge on any atom is 0.233 e. The van der Waals surface area contributed by atoms with Gasteiger partial charge in [0.1, 0.15) is 0 Å². The van der Waals surface area contributed by atoms with Gasteiger partial charge in [-0.3, -0.25) is 9.78 Å². The molecule has 2 atom stereocenters. The Morgan fingerprint density at radius 3 is 2.67 bits per heavy atom. The van der Waals surface area contributed by atoms with E-state index >= 15 is 0 Å². The van der Waals surface area contributed by atoms with Gasteiger partial charge < -0.3 is 5.32 Å². The molecule has 0 spiro atoms. The van der Waals surface area contributed by atoms with Crippen LogP contribution in [0.3, 0.4) is 0 Å². The molecule has 3 aromatic rings. The van der Waals surface area contributed by atoms with E-state index in [1.807, 2.05) is 36.4 Å². The van der Waals surface area contributed by atoms with Crippen molar-refractivity contribution < 1.29 is 4.79 Å². The fourth-order valence-electron chi connectivity index (χ4n) is 5.16. The van der Waals surface area contributed by atoms with E-state index in [0.29, 0.717) is 6.54 Å². The zero-order valence-electron chi connectivity index (χ0n) is 15.6. The molecule has 1 saturated carbocycles. The molecular weight excluding hydrogens is 336 g/mol. The minimum atomic E-state index is -0.619. The van der Waals surface area contributed by atoms with Crippen LogP contribution in [0.5, 0.6) is 0 Å². The number of nitrogens with zero attached hydrogens (tertiary/aromatic N) is 3. The van der Waals surface area contributed by atoms with Gasteiger partial charge in [-0.2, -0.15) is 0 Å². The van der Waals surface area contributed by atoms with Crippen molar-refractivity contribution >= 4 is 16.9 Å². The normalized spacial score (nSPS) is 24.7. The van der Waals surface area contributed by atoms with E-state index in [-0.39, 0.29) is 17.2 Å². The lowest BCUT2D eigenvalue weighted by Gasteiger charge is -2.36. The first kappa shape index (κ1) is 16.4. The summed E-state index contributed by atoms with van der Waals surface area (Å²) in [6.07, 6.45) is 5.33. The molecule has 5 heteroatoms. The van der Waals surface area contributed by atoms with Crippen LogP contribution in [-0.4, -0.2) is 20.9 Å². The number of hydrogen-bond acceptors (Lipinski definition) is 4. The van der Waals surface area contributed by atoms with Gasteiger partial charge >= 0.3 is 0 Å². The molecule has 5 rings (SSSR count). The van der Waals surface area contributed by atoms with Crippen LogP contribution >= 0.6 is 0 Å². The summed E-state index contributed by atoms with van der Waals surface area (Å²) < 4.78 is 0. The van der Waals surface area contributed by atoms with Crippen molar-refractivity contribution in [3.05, 3.63) is 65.7 Å². The number of hydrogen-bond donors (Lipinski definition) is 1. The highest BCUT2D eigenvalue weighted by Gasteiger charge is 2.67. The number of rotatable bonds is 3. The zero-order valence-corrected chi connectivity index (χ0v) is 15.6. The monoisotopic (exact) mass is 358 g/mol. The molecule has 5 nitrogen and oxygen atoms in total. The number of carbonyl (C=O) groups is 1. The largest absolute Gasteiger partial charge is 0.351 e. The molecule has 0 saturated heterocycles. The first-order valence-corrected chi connectivity index (χ1v) is 9.48. The second-order valence-electron chi connectivity index (χ2n) is 8.21. The van der Waals surface area contributed by atoms with Crippen LogP contribution in [-0.2, 0) is 16.8 Å². The molecule has 2 aliphatic rings. The Hall–Kier alpha value is -2.82. The molecule has 1 aromatic carbocycles. The van der Waals surface area contributed by atoms with Gasteiger partial charge in [-0.05, 0) is 42.0 Å². The summed E-state index contributed by atoms with van der Waals surface area (Å²) in [5.74, 6) is 0.330. The summed E-state index contributed by atoms with van der Waals surface area (Å²) in [4.78, 5) is 27.5. The maximum atomic E-state index is 13.5. The number of nitrogens with one attached hydrogen (secondary N) is 1. The van der Waals surface area contributed by atoms with Crippen molar-refractivity contribution in [2.75, 3.05) is 0 Å². The van der Waals surface area contributed by atoms with Gasteiger partial charge in [0.2, 0.25) is 5.91 Å². The number of fused-ring (bicyclic) bond motifs is 6. The van der Waals surface area contributed by atoms with E-state index in [9.17, 15) is 4.79 Å². The van der Waals surface area contributed by atoms with E-state index in [1.165, 1.54) is 0 Å². The minimum Gasteiger partial charge on any atom is -0.351 e. The van der Waals surface area contributed by atoms with E-state index in [1.54, 1.807) is 12.4 Å². The molecule has 136 valence electrons. The van der Waals surface area contributed by atoms with Gasteiger partial charge in [-0.25, -0.2) is 9.97 Å². The summed E-state index contributed by atoms with van der Waals surface area (Å²) in [5, 5.41) is 3.16. The molecule has 1 N–H and O–H groups in total. The Bertz CT molecular complexity index is 1050. The number of carbonyl (C=O) groups excluding carboxylic acids is 1. The van der Waals surface area contributed by atoms with Crippen LogP contribution in [0.4, 0.5) is 0 Å². The van der Waals surface area contributed by atoms with Gasteiger partial charge in [0.25, 0.3) is 0 Å². The Morgan fingerprint density at radius 1 is 1.15 bits per heavy atom. The summed E-state index contributed by atoms with van der Waals surface area (Å²) in [7, 11) is 0. The van der Waals surface area contributed by atoms with Crippen molar-refractivity contribution in [3.8, 4) is 0 Å². The smallest absolute Gasteiger partial charge is 0.233 e. The van der Waals surface area contributed by atoms with Crippen LogP contribution in [0.1, 0.15) is 49.6 Å². The maximum absolute atomic E-state index is 13.5. The highest BCUT2D eigenvalue weighted by Crippen LogP contribution is 2.67. The molecule has 2 heterocycles. The predicted molar refractivity (Wildman–Crippen MR) is 103 cm³/mol. The summed E-state index contributed by atoms with van der Waals surface area (Å²) in [6, 6.07) is 11.8. The highest BCUT2D eigenvalue weighted by atomic mass is 16.2. The van der Waals surface area contributed by atoms with Crippen LogP contribution < -0.4 is 5.32 Å². The van der Waals surface area contributed by atoms with E-state index in [0.717, 1.165) is 40.8 Å². The average Bonchev–Trinajstić information content (AvgIpc) is 3.07. The average molecular weight is 358 g/mol. The second-order valence-corrected chi connectivity index (χ2v) is 8.21. The number of aromatic nitrogens is 3. The third kappa shape index (κ3) is 2.11. The number of benzene rings is 1. The molecule has 0 radical (unpaired) electrons. The van der Waals surface area contributed by atoms with Gasteiger partial charge in [-0.1, -0.05) is 32.0 Å². The second kappa shape index (κ2) is 5.59. The Labute approximate surface area is 158 Å². The Morgan fingerprint density at radius 2 is 1.93 bits per heavy atom. The van der Waals surface area contributed by atoms with Crippen LogP contribution in [0.15, 0.2) is 48.8 Å². The van der Waals surface area contributed by atoms with Gasteiger partial charge in [-0.15, -0.1) is 0 Å². The molecule has 2 aromatic heterocycles. The fraction of sp³-hybridized carbons (Fsp3) is 0.364. The molecule has 2 aliphatic carbocycles. The lowest BCUT2D eigenvalue weighted by Crippen LogP contribution is -2.49. The number of pyridine rings is 1. The lowest BCUT2D eigenvalue weighted by molar-refractivity contribution is -0.130. The first-order chi connectivity index (χ1) is 13.0. The van der Waals surface area contributed by atoms with Crippen molar-refractivity contribution in [1.29, 1.82) is 0 Å². The highest BCUT2D eigenvalue weighted by molar-refractivity contribution is 5.92. The Balaban J connectivity index is 1.58. The van der Waals surface area contributed by atoms with Crippen LogP contribution in [0.2, 0.25) is 0 Å². The molecule has 1 amide bonds. The van der Waals surface area contributed by atoms with E-state index in [4.69, 9.17) is 9.97 Å². The van der Waals surface area contributed by atoms with Gasteiger partial charge in [0, 0.05) is 24.9 Å². The topological polar surface area (TPSA) is 67.8 Å². The van der Waals surface area contributed by atoms with Crippen LogP contribution in [0.25, 0.3) is 11.0 Å². The molecular formula is C22H22N4O. The standard InChI is InChI=1S/C22H22N4O/c1-21(2)15-9-10-22(21,20(27)24-13-14-6-5-11-23-12-14)19-18(15)25-16-7-3-4-8-17(16)26-19/h3-8,11-12,15H,9-10,13H2,1-2H3,(H,24,27). The first-order valence-electron chi connectivity index (χ1n) is 9.48. The van der Waals surface area contributed by atoms with Crippen molar-refractivity contribution in [2.45, 2.75) is 44.6 Å². The summed E-state index contributed by atoms with van der Waals surface area (Å²) >= 11 is 0. The van der Waals surface area contributed by atoms with Crippen molar-refractivity contribution in [3.63, 3.8) is 0 Å². The van der Waals surface area contributed by atoms with Gasteiger partial charge in [0.05, 0.1) is 27.8 Å². The lowest BCUT2D eigenvalue weighted by atomic mass is 9.67. The SMILES string of the molecule is CC1(C)C2CCC1(C(=O)NCc1cccnc1)c1nc3ccccc3nc12. The molecule has 2 unspecified atom stereocenters. The molecule has 1 fully saturated rings. The van der Waals surface area contributed by atoms with E-state index in [2.05, 4.69) is 24.1 Å². The molecule has 27 heavy (non-hydrogen) atoms. The predicted octanol–water partition coefficient (Wildman–Crippen LogP) is 3.50. The third-order valence-electron chi connectivity index (χ3n) is 6.67. The fourth-order valence-corrected chi connectivity index (χ4v) is 5.16. The minimum absolute atomic E-state index is 0.0576. The summed E-state index contributed by atoms with van der Waals surface area (Å²) in [5.41, 5.74) is 3.84. The number of amides is 1. The van der Waals surface area contributed by atoms with Gasteiger partial charge in [0.15, 0.2) is 0 Å². The molecule has 2 bridgehead atoms. The number of para-hydroxylation sites is 2. The zero-order chi connectivity index (χ0) is 18.6. The quantitative estimate of drug-likeness (QED) is 0.778. The van der Waals surface area contributed by atoms with Crippen LogP contribution in [0, 0.1) is 5.41 Å². The summed E-state index contributed by atoms with van der Waals surface area (Å²) in [6.45, 7) is 4.87. The third-order valence-corrected chi connectivity index (χ3v) is 6.67. The Kier molecular flexibility index (Phi) is 3.39. The van der Waals surface area contributed by atoms with E-state index < -0.39 is 5.41 Å². The molecule has 0 aliphatic heterocycles.